The molecule has 3 nitrogen and oxygen atoms in total. The molecule has 0 spiro atoms. The van der Waals surface area contributed by atoms with Crippen LogP contribution in [0.2, 0.25) is 0 Å². The smallest absolute Gasteiger partial charge is 0.341 e. The molecule has 0 bridgehead atoms. The monoisotopic (exact) mass is 257 g/mol. The molecular weight excluding hydrogens is 243 g/mol. The Hall–Kier alpha value is -1.56. The number of imidazole rings is 1. The number of fused-ring (bicyclic) bond motifs is 1. The fraction of sp³-hybridized carbons (Fsp3) is 0.417. The average Bonchev–Trinajstić information content (AvgIpc) is 2.68. The molecule has 98 valence electrons. The minimum absolute atomic E-state index is 0.0790. The van der Waals surface area contributed by atoms with E-state index >= 15 is 0 Å². The molecular formula is C12H14F3N3. The first kappa shape index (κ1) is 12.9. The summed E-state index contributed by atoms with van der Waals surface area (Å²) in [7, 11) is 0. The standard InChI is InChI=1S/C12H14F3N3/c1-2-8-3-4-9-10(5-8)18-11(17-9)6-16-7-12(13,14)15/h3-5,16H,2,6-7H2,1H3,(H,17,18). The van der Waals surface area contributed by atoms with Gasteiger partial charge in [-0.05, 0) is 24.1 Å². The van der Waals surface area contributed by atoms with Crippen LogP contribution < -0.4 is 5.32 Å². The highest BCUT2D eigenvalue weighted by Gasteiger charge is 2.26. The van der Waals surface area contributed by atoms with Gasteiger partial charge >= 0.3 is 6.18 Å². The van der Waals surface area contributed by atoms with Crippen LogP contribution in [-0.4, -0.2) is 22.7 Å². The zero-order valence-corrected chi connectivity index (χ0v) is 9.93. The Bertz CT molecular complexity index is 531. The highest BCUT2D eigenvalue weighted by molar-refractivity contribution is 5.75. The van der Waals surface area contributed by atoms with E-state index in [2.05, 4.69) is 15.3 Å². The molecule has 1 heterocycles. The molecule has 0 saturated carbocycles. The molecule has 6 heteroatoms. The maximum atomic E-state index is 12.0. The number of aryl methyl sites for hydroxylation is 1. The fourth-order valence-electron chi connectivity index (χ4n) is 1.74. The van der Waals surface area contributed by atoms with E-state index in [1.165, 1.54) is 5.56 Å². The van der Waals surface area contributed by atoms with Gasteiger partial charge in [-0.1, -0.05) is 13.0 Å². The Morgan fingerprint density at radius 3 is 2.78 bits per heavy atom. The number of rotatable bonds is 4. The summed E-state index contributed by atoms with van der Waals surface area (Å²) in [6, 6.07) is 5.81. The minimum Gasteiger partial charge on any atom is -0.341 e. The van der Waals surface area contributed by atoms with Crippen molar-refractivity contribution in [3.63, 3.8) is 0 Å². The van der Waals surface area contributed by atoms with Gasteiger partial charge in [0.05, 0.1) is 24.1 Å². The average molecular weight is 257 g/mol. The number of aromatic nitrogens is 2. The van der Waals surface area contributed by atoms with Gasteiger partial charge in [-0.15, -0.1) is 0 Å². The van der Waals surface area contributed by atoms with Crippen molar-refractivity contribution in [1.82, 2.24) is 15.3 Å². The summed E-state index contributed by atoms with van der Waals surface area (Å²) in [6.45, 7) is 1.11. The van der Waals surface area contributed by atoms with Crippen molar-refractivity contribution in [3.8, 4) is 0 Å². The fourth-order valence-corrected chi connectivity index (χ4v) is 1.74. The number of nitrogens with one attached hydrogen (secondary N) is 2. The number of alkyl halides is 3. The Labute approximate surface area is 102 Å². The van der Waals surface area contributed by atoms with Crippen molar-refractivity contribution in [2.75, 3.05) is 6.54 Å². The van der Waals surface area contributed by atoms with Gasteiger partial charge in [0, 0.05) is 0 Å². The van der Waals surface area contributed by atoms with E-state index < -0.39 is 12.7 Å². The Kier molecular flexibility index (Phi) is 3.56. The van der Waals surface area contributed by atoms with Crippen LogP contribution in [0.3, 0.4) is 0 Å². The van der Waals surface area contributed by atoms with Crippen molar-refractivity contribution < 1.29 is 13.2 Å². The van der Waals surface area contributed by atoms with Crippen LogP contribution in [0, 0.1) is 0 Å². The van der Waals surface area contributed by atoms with Crippen LogP contribution in [0.4, 0.5) is 13.2 Å². The molecule has 0 fully saturated rings. The molecule has 0 aliphatic heterocycles. The molecule has 0 amide bonds. The zero-order chi connectivity index (χ0) is 13.2. The van der Waals surface area contributed by atoms with Gasteiger partial charge in [0.15, 0.2) is 0 Å². The molecule has 1 aromatic carbocycles. The van der Waals surface area contributed by atoms with Crippen molar-refractivity contribution in [2.24, 2.45) is 0 Å². The van der Waals surface area contributed by atoms with E-state index in [1.807, 2.05) is 25.1 Å². The predicted octanol–water partition coefficient (Wildman–Crippen LogP) is 2.78. The van der Waals surface area contributed by atoms with Crippen LogP contribution in [0.1, 0.15) is 18.3 Å². The van der Waals surface area contributed by atoms with Crippen LogP contribution >= 0.6 is 0 Å². The Morgan fingerprint density at radius 1 is 1.33 bits per heavy atom. The van der Waals surface area contributed by atoms with E-state index in [0.29, 0.717) is 5.82 Å². The van der Waals surface area contributed by atoms with Gasteiger partial charge in [-0.25, -0.2) is 4.98 Å². The summed E-state index contributed by atoms with van der Waals surface area (Å²) in [6.07, 6.45) is -3.28. The molecule has 0 radical (unpaired) electrons. The van der Waals surface area contributed by atoms with Crippen molar-refractivity contribution >= 4 is 11.0 Å². The third kappa shape index (κ3) is 3.22. The Balaban J connectivity index is 2.06. The molecule has 0 unspecified atom stereocenters. The summed E-state index contributed by atoms with van der Waals surface area (Å²) >= 11 is 0. The van der Waals surface area contributed by atoms with Crippen LogP contribution in [-0.2, 0) is 13.0 Å². The first-order valence-corrected chi connectivity index (χ1v) is 5.73. The third-order valence-electron chi connectivity index (χ3n) is 2.62. The van der Waals surface area contributed by atoms with Crippen LogP contribution in [0.5, 0.6) is 0 Å². The van der Waals surface area contributed by atoms with E-state index in [-0.39, 0.29) is 6.54 Å². The predicted molar refractivity (Wildman–Crippen MR) is 63.2 cm³/mol. The second-order valence-electron chi connectivity index (χ2n) is 4.11. The molecule has 2 aromatic rings. The van der Waals surface area contributed by atoms with E-state index in [4.69, 9.17) is 0 Å². The molecule has 2 N–H and O–H groups in total. The number of aromatic amines is 1. The summed E-state index contributed by atoms with van der Waals surface area (Å²) in [5.74, 6) is 0.516. The quantitative estimate of drug-likeness (QED) is 0.884. The number of benzene rings is 1. The lowest BCUT2D eigenvalue weighted by molar-refractivity contribution is -0.125. The second-order valence-corrected chi connectivity index (χ2v) is 4.11. The third-order valence-corrected chi connectivity index (χ3v) is 2.62. The lowest BCUT2D eigenvalue weighted by atomic mass is 10.1. The van der Waals surface area contributed by atoms with Gasteiger partial charge in [-0.3, -0.25) is 0 Å². The van der Waals surface area contributed by atoms with Gasteiger partial charge in [0.1, 0.15) is 5.82 Å². The first-order chi connectivity index (χ1) is 8.48. The van der Waals surface area contributed by atoms with E-state index in [1.54, 1.807) is 0 Å². The first-order valence-electron chi connectivity index (χ1n) is 5.73. The molecule has 2 rings (SSSR count). The van der Waals surface area contributed by atoms with E-state index in [9.17, 15) is 13.2 Å². The molecule has 18 heavy (non-hydrogen) atoms. The van der Waals surface area contributed by atoms with Gasteiger partial charge in [-0.2, -0.15) is 13.2 Å². The van der Waals surface area contributed by atoms with Crippen molar-refractivity contribution in [1.29, 1.82) is 0 Å². The SMILES string of the molecule is CCc1ccc2nc(CNCC(F)(F)F)[nH]c2c1. The number of hydrogen-bond donors (Lipinski definition) is 2. The molecule has 0 aliphatic carbocycles. The second kappa shape index (κ2) is 4.97. The summed E-state index contributed by atoms with van der Waals surface area (Å²) < 4.78 is 35.9. The Morgan fingerprint density at radius 2 is 2.11 bits per heavy atom. The molecule has 0 saturated heterocycles. The van der Waals surface area contributed by atoms with Gasteiger partial charge < -0.3 is 10.3 Å². The maximum Gasteiger partial charge on any atom is 0.401 e. The van der Waals surface area contributed by atoms with Crippen molar-refractivity contribution in [3.05, 3.63) is 29.6 Å². The van der Waals surface area contributed by atoms with Crippen molar-refractivity contribution in [2.45, 2.75) is 26.1 Å². The minimum atomic E-state index is -4.19. The molecule has 0 aliphatic rings. The highest BCUT2D eigenvalue weighted by Crippen LogP contribution is 2.15. The van der Waals surface area contributed by atoms with Crippen LogP contribution in [0.25, 0.3) is 11.0 Å². The summed E-state index contributed by atoms with van der Waals surface area (Å²) in [5.41, 5.74) is 2.80. The number of H-pyrrole nitrogens is 1. The van der Waals surface area contributed by atoms with Crippen LogP contribution in [0.15, 0.2) is 18.2 Å². The highest BCUT2D eigenvalue weighted by atomic mass is 19.4. The van der Waals surface area contributed by atoms with Gasteiger partial charge in [0.25, 0.3) is 0 Å². The summed E-state index contributed by atoms with van der Waals surface area (Å²) in [4.78, 5) is 7.24. The lowest BCUT2D eigenvalue weighted by Gasteiger charge is -2.05. The van der Waals surface area contributed by atoms with E-state index in [0.717, 1.165) is 17.5 Å². The van der Waals surface area contributed by atoms with Gasteiger partial charge in [0.2, 0.25) is 0 Å². The normalized spacial score (nSPS) is 12.2. The largest absolute Gasteiger partial charge is 0.401 e. The lowest BCUT2D eigenvalue weighted by Crippen LogP contribution is -2.28. The zero-order valence-electron chi connectivity index (χ0n) is 9.93. The number of halogens is 3. The molecule has 1 aromatic heterocycles. The topological polar surface area (TPSA) is 40.7 Å². The number of hydrogen-bond acceptors (Lipinski definition) is 2. The number of nitrogens with zero attached hydrogens (tertiary/aromatic N) is 1. The molecule has 0 atom stereocenters. The maximum absolute atomic E-state index is 12.0. The summed E-state index contributed by atoms with van der Waals surface area (Å²) in [5, 5.41) is 2.31.